The first kappa shape index (κ1) is 12.6. The zero-order chi connectivity index (χ0) is 12.3. The van der Waals surface area contributed by atoms with Crippen LogP contribution in [0.5, 0.6) is 0 Å². The molecule has 0 bridgehead atoms. The summed E-state index contributed by atoms with van der Waals surface area (Å²) in [5.74, 6) is 0.0793. The molecule has 92 valence electrons. The number of amides is 1. The van der Waals surface area contributed by atoms with E-state index in [9.17, 15) is 9.59 Å². The molecule has 17 heavy (non-hydrogen) atoms. The molecule has 0 N–H and O–H groups in total. The minimum atomic E-state index is -0.0165. The van der Waals surface area contributed by atoms with Crippen LogP contribution in [-0.2, 0) is 4.79 Å². The smallest absolute Gasteiger partial charge is 0.222 e. The van der Waals surface area contributed by atoms with Crippen molar-refractivity contribution < 1.29 is 9.59 Å². The van der Waals surface area contributed by atoms with Crippen LogP contribution in [0, 0.1) is 0 Å². The summed E-state index contributed by atoms with van der Waals surface area (Å²) in [6.07, 6.45) is 3.57. The van der Waals surface area contributed by atoms with Crippen molar-refractivity contribution in [3.63, 3.8) is 0 Å². The van der Waals surface area contributed by atoms with Gasteiger partial charge in [-0.2, -0.15) is 0 Å². The van der Waals surface area contributed by atoms with Crippen LogP contribution in [0.3, 0.4) is 0 Å². The summed E-state index contributed by atoms with van der Waals surface area (Å²) in [4.78, 5) is 26.0. The fraction of sp³-hybridized carbons (Fsp3) is 0.500. The topological polar surface area (TPSA) is 37.4 Å². The molecule has 1 fully saturated rings. The lowest BCUT2D eigenvalue weighted by atomic mass is 10.2. The molecule has 1 aliphatic heterocycles. The van der Waals surface area contributed by atoms with Crippen molar-refractivity contribution in [2.45, 2.75) is 25.7 Å². The first-order valence-corrected chi connectivity index (χ1v) is 6.92. The third kappa shape index (κ3) is 3.30. The van der Waals surface area contributed by atoms with E-state index in [4.69, 9.17) is 11.6 Å². The molecule has 2 rings (SSSR count). The third-order valence-electron chi connectivity index (χ3n) is 2.85. The average Bonchev–Trinajstić information content (AvgIpc) is 2.63. The van der Waals surface area contributed by atoms with E-state index in [0.717, 1.165) is 19.3 Å². The molecular formula is C12H14ClNO2S. The van der Waals surface area contributed by atoms with Gasteiger partial charge >= 0.3 is 0 Å². The largest absolute Gasteiger partial charge is 0.335 e. The molecule has 1 aromatic heterocycles. The van der Waals surface area contributed by atoms with E-state index >= 15 is 0 Å². The van der Waals surface area contributed by atoms with Crippen LogP contribution in [0.15, 0.2) is 12.1 Å². The number of carbonyl (C=O) groups excluding carboxylic acids is 2. The maximum Gasteiger partial charge on any atom is 0.222 e. The monoisotopic (exact) mass is 271 g/mol. The number of hydrogen-bond acceptors (Lipinski definition) is 3. The van der Waals surface area contributed by atoms with Crippen LogP contribution in [0.4, 0.5) is 0 Å². The number of thiophene rings is 1. The Morgan fingerprint density at radius 2 is 2.18 bits per heavy atom. The fourth-order valence-corrected chi connectivity index (χ4v) is 2.89. The Bertz CT molecular complexity index is 430. The molecule has 1 saturated heterocycles. The Hall–Kier alpha value is -0.870. The minimum absolute atomic E-state index is 0.0165. The van der Waals surface area contributed by atoms with E-state index in [1.807, 2.05) is 0 Å². The standard InChI is InChI=1S/C12H14ClNO2S/c13-11-6-5-10(17-11)9(15)8-14-7-3-1-2-4-12(14)16/h5-6H,1-4,7-8H2. The molecule has 1 aliphatic rings. The second-order valence-corrected chi connectivity index (χ2v) is 5.87. The van der Waals surface area contributed by atoms with Gasteiger partial charge in [-0.1, -0.05) is 18.0 Å². The van der Waals surface area contributed by atoms with Gasteiger partial charge in [0.2, 0.25) is 5.91 Å². The highest BCUT2D eigenvalue weighted by Gasteiger charge is 2.20. The Labute approximate surface area is 109 Å². The van der Waals surface area contributed by atoms with Crippen LogP contribution < -0.4 is 0 Å². The molecule has 0 radical (unpaired) electrons. The zero-order valence-corrected chi connectivity index (χ0v) is 11.0. The van der Waals surface area contributed by atoms with Crippen LogP contribution in [0.25, 0.3) is 0 Å². The number of likely N-dealkylation sites (tertiary alicyclic amines) is 1. The molecule has 0 aliphatic carbocycles. The van der Waals surface area contributed by atoms with E-state index in [1.165, 1.54) is 11.3 Å². The van der Waals surface area contributed by atoms with Gasteiger partial charge in [0.25, 0.3) is 0 Å². The summed E-state index contributed by atoms with van der Waals surface area (Å²) in [6, 6.07) is 3.43. The summed E-state index contributed by atoms with van der Waals surface area (Å²) in [7, 11) is 0. The second kappa shape index (κ2) is 5.65. The predicted octanol–water partition coefficient (Wildman–Crippen LogP) is 2.99. The molecule has 2 heterocycles. The lowest BCUT2D eigenvalue weighted by Gasteiger charge is -2.18. The van der Waals surface area contributed by atoms with E-state index in [2.05, 4.69) is 0 Å². The molecule has 0 saturated carbocycles. The highest BCUT2D eigenvalue weighted by molar-refractivity contribution is 7.18. The number of rotatable bonds is 3. The highest BCUT2D eigenvalue weighted by Crippen LogP contribution is 2.22. The number of nitrogens with zero attached hydrogens (tertiary/aromatic N) is 1. The maximum atomic E-state index is 11.9. The summed E-state index contributed by atoms with van der Waals surface area (Å²) >= 11 is 7.06. The first-order valence-electron chi connectivity index (χ1n) is 5.73. The second-order valence-electron chi connectivity index (χ2n) is 4.15. The lowest BCUT2D eigenvalue weighted by molar-refractivity contribution is -0.130. The fourth-order valence-electron chi connectivity index (χ4n) is 1.92. The number of ketones is 1. The van der Waals surface area contributed by atoms with Gasteiger partial charge in [-0.05, 0) is 25.0 Å². The number of Topliss-reactive ketones (excluding diaryl/α,β-unsaturated/α-hetero) is 1. The summed E-state index contributed by atoms with van der Waals surface area (Å²) < 4.78 is 0.607. The maximum absolute atomic E-state index is 11.9. The Morgan fingerprint density at radius 1 is 1.35 bits per heavy atom. The molecule has 0 unspecified atom stereocenters. The first-order chi connectivity index (χ1) is 8.16. The van der Waals surface area contributed by atoms with Crippen LogP contribution in [0.2, 0.25) is 4.34 Å². The number of carbonyl (C=O) groups is 2. The highest BCUT2D eigenvalue weighted by atomic mass is 35.5. The van der Waals surface area contributed by atoms with Gasteiger partial charge in [0.1, 0.15) is 0 Å². The molecule has 0 aromatic carbocycles. The van der Waals surface area contributed by atoms with Gasteiger partial charge < -0.3 is 4.90 Å². The lowest BCUT2D eigenvalue weighted by Crippen LogP contribution is -2.34. The molecule has 0 spiro atoms. The van der Waals surface area contributed by atoms with E-state index in [0.29, 0.717) is 22.2 Å². The van der Waals surface area contributed by atoms with Crippen molar-refractivity contribution in [3.05, 3.63) is 21.3 Å². The van der Waals surface area contributed by atoms with E-state index in [-0.39, 0.29) is 18.2 Å². The number of hydrogen-bond donors (Lipinski definition) is 0. The third-order valence-corrected chi connectivity index (χ3v) is 4.13. The van der Waals surface area contributed by atoms with Gasteiger partial charge in [-0.25, -0.2) is 0 Å². The molecule has 5 heteroatoms. The van der Waals surface area contributed by atoms with Gasteiger partial charge in [-0.3, -0.25) is 9.59 Å². The normalized spacial score (nSPS) is 17.0. The molecular weight excluding hydrogens is 258 g/mol. The Balaban J connectivity index is 1.99. The Morgan fingerprint density at radius 3 is 2.88 bits per heavy atom. The van der Waals surface area contributed by atoms with Crippen molar-refractivity contribution >= 4 is 34.6 Å². The molecule has 1 aromatic rings. The van der Waals surface area contributed by atoms with E-state index in [1.54, 1.807) is 17.0 Å². The van der Waals surface area contributed by atoms with Crippen LogP contribution in [0.1, 0.15) is 35.4 Å². The van der Waals surface area contributed by atoms with Gasteiger partial charge in [0.05, 0.1) is 15.8 Å². The SMILES string of the molecule is O=C(CN1CCCCCC1=O)c1ccc(Cl)s1. The zero-order valence-electron chi connectivity index (χ0n) is 9.45. The predicted molar refractivity (Wildman–Crippen MR) is 68.7 cm³/mol. The van der Waals surface area contributed by atoms with Crippen LogP contribution >= 0.6 is 22.9 Å². The summed E-state index contributed by atoms with van der Waals surface area (Å²) in [5, 5.41) is 0. The van der Waals surface area contributed by atoms with Gasteiger partial charge in [0, 0.05) is 13.0 Å². The number of halogens is 1. The summed E-state index contributed by atoms with van der Waals surface area (Å²) in [6.45, 7) is 0.888. The van der Waals surface area contributed by atoms with Gasteiger partial charge in [0.15, 0.2) is 5.78 Å². The van der Waals surface area contributed by atoms with E-state index < -0.39 is 0 Å². The van der Waals surface area contributed by atoms with Crippen molar-refractivity contribution in [3.8, 4) is 0 Å². The molecule has 1 amide bonds. The van der Waals surface area contributed by atoms with Crippen molar-refractivity contribution in [1.29, 1.82) is 0 Å². The van der Waals surface area contributed by atoms with Crippen molar-refractivity contribution in [2.75, 3.05) is 13.1 Å². The minimum Gasteiger partial charge on any atom is -0.335 e. The quantitative estimate of drug-likeness (QED) is 0.793. The van der Waals surface area contributed by atoms with Crippen molar-refractivity contribution in [2.24, 2.45) is 0 Å². The molecule has 0 atom stereocenters. The summed E-state index contributed by atoms with van der Waals surface area (Å²) in [5.41, 5.74) is 0. The van der Waals surface area contributed by atoms with Crippen molar-refractivity contribution in [1.82, 2.24) is 4.90 Å². The van der Waals surface area contributed by atoms with Gasteiger partial charge in [-0.15, -0.1) is 11.3 Å². The molecule has 3 nitrogen and oxygen atoms in total. The Kier molecular flexibility index (Phi) is 4.18. The average molecular weight is 272 g/mol. The van der Waals surface area contributed by atoms with Crippen LogP contribution in [-0.4, -0.2) is 29.7 Å².